The fraction of sp³-hybridized carbons (Fsp3) is 0.533. The van der Waals surface area contributed by atoms with Crippen molar-refractivity contribution in [1.82, 2.24) is 10.2 Å². The molecule has 0 saturated heterocycles. The fourth-order valence-electron chi connectivity index (χ4n) is 1.90. The molecule has 114 valence electrons. The first-order valence-electron chi connectivity index (χ1n) is 6.76. The Balaban J connectivity index is 0.00000361. The molecule has 1 aromatic carbocycles. The third kappa shape index (κ3) is 6.26. The third-order valence-electron chi connectivity index (χ3n) is 3.08. The van der Waals surface area contributed by atoms with Crippen molar-refractivity contribution in [3.05, 3.63) is 29.8 Å². The van der Waals surface area contributed by atoms with E-state index in [0.717, 1.165) is 30.8 Å². The van der Waals surface area contributed by atoms with Crippen molar-refractivity contribution < 1.29 is 9.53 Å². The van der Waals surface area contributed by atoms with Crippen LogP contribution in [0.2, 0.25) is 0 Å². The summed E-state index contributed by atoms with van der Waals surface area (Å²) in [6.45, 7) is 4.30. The van der Waals surface area contributed by atoms with E-state index in [2.05, 4.69) is 5.32 Å². The summed E-state index contributed by atoms with van der Waals surface area (Å²) in [6, 6.07) is 7.86. The van der Waals surface area contributed by atoms with Crippen LogP contribution in [0.4, 0.5) is 0 Å². The number of carbonyl (C=O) groups is 1. The van der Waals surface area contributed by atoms with E-state index >= 15 is 0 Å². The maximum atomic E-state index is 12.1. The van der Waals surface area contributed by atoms with Crippen LogP contribution >= 0.6 is 12.4 Å². The van der Waals surface area contributed by atoms with Gasteiger partial charge in [-0.25, -0.2) is 0 Å². The topological polar surface area (TPSA) is 41.6 Å². The summed E-state index contributed by atoms with van der Waals surface area (Å²) >= 11 is 0. The van der Waals surface area contributed by atoms with Gasteiger partial charge in [-0.2, -0.15) is 0 Å². The Morgan fingerprint density at radius 2 is 1.95 bits per heavy atom. The first kappa shape index (κ1) is 18.7. The Hall–Kier alpha value is -1.26. The van der Waals surface area contributed by atoms with E-state index in [4.69, 9.17) is 4.74 Å². The minimum Gasteiger partial charge on any atom is -0.497 e. The lowest BCUT2D eigenvalue weighted by Crippen LogP contribution is -2.30. The van der Waals surface area contributed by atoms with E-state index in [9.17, 15) is 4.79 Å². The number of benzene rings is 1. The predicted octanol–water partition coefficient (Wildman–Crippen LogP) is 2.47. The minimum absolute atomic E-state index is 0. The highest BCUT2D eigenvalue weighted by atomic mass is 35.5. The summed E-state index contributed by atoms with van der Waals surface area (Å²) in [5, 5.41) is 3.06. The maximum Gasteiger partial charge on any atom is 0.222 e. The third-order valence-corrected chi connectivity index (χ3v) is 3.08. The van der Waals surface area contributed by atoms with Gasteiger partial charge in [-0.1, -0.05) is 12.1 Å². The molecule has 1 aromatic rings. The average molecular weight is 301 g/mol. The van der Waals surface area contributed by atoms with Crippen molar-refractivity contribution in [1.29, 1.82) is 0 Å². The van der Waals surface area contributed by atoms with E-state index in [1.807, 2.05) is 43.1 Å². The molecule has 0 fully saturated rings. The lowest BCUT2D eigenvalue weighted by molar-refractivity contribution is -0.131. The zero-order valence-electron chi connectivity index (χ0n) is 12.5. The van der Waals surface area contributed by atoms with Crippen molar-refractivity contribution in [2.24, 2.45) is 0 Å². The van der Waals surface area contributed by atoms with Gasteiger partial charge in [0.15, 0.2) is 0 Å². The molecule has 0 atom stereocenters. The van der Waals surface area contributed by atoms with Gasteiger partial charge in [-0.3, -0.25) is 4.79 Å². The van der Waals surface area contributed by atoms with Gasteiger partial charge < -0.3 is 15.0 Å². The number of rotatable bonds is 8. The van der Waals surface area contributed by atoms with Crippen molar-refractivity contribution in [3.63, 3.8) is 0 Å². The molecule has 20 heavy (non-hydrogen) atoms. The predicted molar refractivity (Wildman–Crippen MR) is 84.5 cm³/mol. The molecular formula is C15H25ClN2O2. The molecule has 0 spiro atoms. The Labute approximate surface area is 127 Å². The number of hydrogen-bond donors (Lipinski definition) is 1. The molecule has 0 aliphatic rings. The van der Waals surface area contributed by atoms with Gasteiger partial charge in [-0.05, 0) is 44.6 Å². The van der Waals surface area contributed by atoms with Crippen molar-refractivity contribution >= 4 is 18.3 Å². The molecule has 1 amide bonds. The number of amides is 1. The summed E-state index contributed by atoms with van der Waals surface area (Å²) in [5.41, 5.74) is 1.13. The normalized spacial score (nSPS) is 9.75. The fourth-order valence-corrected chi connectivity index (χ4v) is 1.90. The number of halogens is 1. The zero-order chi connectivity index (χ0) is 14.1. The smallest absolute Gasteiger partial charge is 0.222 e. The first-order valence-corrected chi connectivity index (χ1v) is 6.76. The van der Waals surface area contributed by atoms with Gasteiger partial charge in [0.25, 0.3) is 0 Å². The van der Waals surface area contributed by atoms with Gasteiger partial charge in [0.1, 0.15) is 5.75 Å². The van der Waals surface area contributed by atoms with E-state index in [0.29, 0.717) is 13.0 Å². The van der Waals surface area contributed by atoms with E-state index in [1.54, 1.807) is 7.11 Å². The zero-order valence-corrected chi connectivity index (χ0v) is 13.3. The monoisotopic (exact) mass is 300 g/mol. The highest BCUT2D eigenvalue weighted by Gasteiger charge is 2.11. The maximum absolute atomic E-state index is 12.1. The molecular weight excluding hydrogens is 276 g/mol. The number of carbonyl (C=O) groups excluding carboxylic acids is 1. The lowest BCUT2D eigenvalue weighted by Gasteiger charge is -2.21. The second-order valence-electron chi connectivity index (χ2n) is 4.46. The van der Waals surface area contributed by atoms with Gasteiger partial charge in [0.05, 0.1) is 7.11 Å². The van der Waals surface area contributed by atoms with Crippen molar-refractivity contribution in [3.8, 4) is 5.75 Å². The highest BCUT2D eigenvalue weighted by molar-refractivity contribution is 5.85. The molecule has 0 bridgehead atoms. The number of nitrogens with one attached hydrogen (secondary N) is 1. The van der Waals surface area contributed by atoms with Crippen molar-refractivity contribution in [2.45, 2.75) is 26.3 Å². The molecule has 0 aliphatic carbocycles. The Morgan fingerprint density at radius 3 is 2.45 bits per heavy atom. The Bertz CT molecular complexity index is 382. The van der Waals surface area contributed by atoms with Crippen LogP contribution in [-0.4, -0.2) is 38.1 Å². The molecule has 4 nitrogen and oxygen atoms in total. The van der Waals surface area contributed by atoms with E-state index < -0.39 is 0 Å². The van der Waals surface area contributed by atoms with Crippen LogP contribution < -0.4 is 10.1 Å². The molecule has 5 heteroatoms. The second kappa shape index (κ2) is 10.5. The molecule has 0 radical (unpaired) electrons. The SMILES string of the molecule is CCN(Cc1ccc(OC)cc1)C(=O)CCCNC.Cl. The minimum atomic E-state index is 0. The van der Waals surface area contributed by atoms with Crippen LogP contribution in [0, 0.1) is 0 Å². The van der Waals surface area contributed by atoms with Crippen LogP contribution in [0.3, 0.4) is 0 Å². The molecule has 0 aromatic heterocycles. The summed E-state index contributed by atoms with van der Waals surface area (Å²) in [5.74, 6) is 1.06. The summed E-state index contributed by atoms with van der Waals surface area (Å²) in [4.78, 5) is 13.9. The first-order chi connectivity index (χ1) is 9.21. The van der Waals surface area contributed by atoms with Crippen LogP contribution in [0.15, 0.2) is 24.3 Å². The standard InChI is InChI=1S/C15H24N2O2.ClH/c1-4-17(15(18)6-5-11-16-2)12-13-7-9-14(19-3)10-8-13;/h7-10,16H,4-6,11-12H2,1-3H3;1H. The van der Waals surface area contributed by atoms with Gasteiger partial charge in [-0.15, -0.1) is 12.4 Å². The molecule has 1 rings (SSSR count). The van der Waals surface area contributed by atoms with Crippen molar-refractivity contribution in [2.75, 3.05) is 27.2 Å². The van der Waals surface area contributed by atoms with Gasteiger partial charge in [0.2, 0.25) is 5.91 Å². The van der Waals surface area contributed by atoms with E-state index in [-0.39, 0.29) is 18.3 Å². The highest BCUT2D eigenvalue weighted by Crippen LogP contribution is 2.13. The van der Waals surface area contributed by atoms with Gasteiger partial charge in [0, 0.05) is 19.5 Å². The molecule has 0 aliphatic heterocycles. The van der Waals surface area contributed by atoms with Gasteiger partial charge >= 0.3 is 0 Å². The van der Waals surface area contributed by atoms with Crippen LogP contribution in [-0.2, 0) is 11.3 Å². The number of methoxy groups -OCH3 is 1. The van der Waals surface area contributed by atoms with Crippen LogP contribution in [0.25, 0.3) is 0 Å². The number of nitrogens with zero attached hydrogens (tertiary/aromatic N) is 1. The molecule has 0 saturated carbocycles. The summed E-state index contributed by atoms with van der Waals surface area (Å²) in [7, 11) is 3.55. The number of ether oxygens (including phenoxy) is 1. The molecule has 1 N–H and O–H groups in total. The average Bonchev–Trinajstić information content (AvgIpc) is 2.45. The quantitative estimate of drug-likeness (QED) is 0.750. The lowest BCUT2D eigenvalue weighted by atomic mass is 10.2. The number of hydrogen-bond acceptors (Lipinski definition) is 3. The molecule has 0 heterocycles. The second-order valence-corrected chi connectivity index (χ2v) is 4.46. The van der Waals surface area contributed by atoms with Crippen LogP contribution in [0.5, 0.6) is 5.75 Å². The van der Waals surface area contributed by atoms with Crippen LogP contribution in [0.1, 0.15) is 25.3 Å². The summed E-state index contributed by atoms with van der Waals surface area (Å²) in [6.07, 6.45) is 1.49. The summed E-state index contributed by atoms with van der Waals surface area (Å²) < 4.78 is 5.13. The Morgan fingerprint density at radius 1 is 1.30 bits per heavy atom. The Kier molecular flexibility index (Phi) is 9.86. The largest absolute Gasteiger partial charge is 0.497 e. The molecule has 0 unspecified atom stereocenters. The van der Waals surface area contributed by atoms with E-state index in [1.165, 1.54) is 0 Å².